The predicted molar refractivity (Wildman–Crippen MR) is 108 cm³/mol. The lowest BCUT2D eigenvalue weighted by molar-refractivity contribution is -0.193. The Kier molecular flexibility index (Phi) is 9.44. The molecule has 0 saturated carbocycles. The van der Waals surface area contributed by atoms with Gasteiger partial charge in [-0.3, -0.25) is 14.7 Å². The summed E-state index contributed by atoms with van der Waals surface area (Å²) in [5, 5.41) is 14.2. The number of aliphatic carboxylic acids is 2. The van der Waals surface area contributed by atoms with E-state index in [1.165, 1.54) is 0 Å². The van der Waals surface area contributed by atoms with E-state index in [0.29, 0.717) is 18.4 Å². The molecule has 2 aromatic rings. The molecule has 2 saturated heterocycles. The van der Waals surface area contributed by atoms with Gasteiger partial charge in [-0.25, -0.2) is 9.59 Å². The van der Waals surface area contributed by atoms with Crippen LogP contribution in [0.1, 0.15) is 11.3 Å². The van der Waals surface area contributed by atoms with Crippen LogP contribution < -0.4 is 0 Å². The molecule has 0 aliphatic carbocycles. The minimum absolute atomic E-state index is 0.150. The number of pyridine rings is 1. The number of carboxylic acid groups (broad SMARTS) is 2. The zero-order valence-corrected chi connectivity index (χ0v) is 18.4. The second kappa shape index (κ2) is 11.9. The van der Waals surface area contributed by atoms with Crippen molar-refractivity contribution in [3.05, 3.63) is 54.2 Å². The number of carbonyl (C=O) groups excluding carboxylic acids is 1. The molecular formula is C21H21F6N3O6. The highest BCUT2D eigenvalue weighted by Gasteiger charge is 2.46. The van der Waals surface area contributed by atoms with Gasteiger partial charge in [0.05, 0.1) is 18.7 Å². The summed E-state index contributed by atoms with van der Waals surface area (Å²) in [7, 11) is 0. The first kappa shape index (κ1) is 28.6. The van der Waals surface area contributed by atoms with Gasteiger partial charge in [0, 0.05) is 44.5 Å². The van der Waals surface area contributed by atoms with E-state index in [1.807, 2.05) is 29.2 Å². The van der Waals surface area contributed by atoms with Crippen LogP contribution in [0.15, 0.2) is 47.3 Å². The summed E-state index contributed by atoms with van der Waals surface area (Å²) in [4.78, 5) is 38.7. The molecule has 2 atom stereocenters. The number of fused-ring (bicyclic) bond motifs is 1. The molecule has 2 aliphatic rings. The largest absolute Gasteiger partial charge is 0.490 e. The number of rotatable bonds is 4. The molecule has 4 rings (SSSR count). The van der Waals surface area contributed by atoms with Crippen molar-refractivity contribution in [2.24, 2.45) is 11.8 Å². The highest BCUT2D eigenvalue weighted by Crippen LogP contribution is 2.33. The van der Waals surface area contributed by atoms with E-state index in [0.717, 1.165) is 37.5 Å². The molecule has 1 amide bonds. The number of nitrogens with zero attached hydrogens (tertiary/aromatic N) is 3. The highest BCUT2D eigenvalue weighted by atomic mass is 19.4. The Balaban J connectivity index is 0.000000271. The Morgan fingerprint density at radius 2 is 1.50 bits per heavy atom. The normalized spacial score (nSPS) is 19.6. The van der Waals surface area contributed by atoms with Gasteiger partial charge in [0.1, 0.15) is 5.76 Å². The van der Waals surface area contributed by atoms with Gasteiger partial charge in [0.15, 0.2) is 0 Å². The quantitative estimate of drug-likeness (QED) is 0.584. The Hall–Kier alpha value is -3.62. The first-order chi connectivity index (χ1) is 16.7. The molecule has 2 aliphatic heterocycles. The lowest BCUT2D eigenvalue weighted by Gasteiger charge is -2.21. The van der Waals surface area contributed by atoms with E-state index < -0.39 is 24.3 Å². The van der Waals surface area contributed by atoms with Crippen LogP contribution in [0, 0.1) is 11.8 Å². The summed E-state index contributed by atoms with van der Waals surface area (Å²) in [6, 6.07) is 7.86. The third-order valence-corrected chi connectivity index (χ3v) is 5.17. The van der Waals surface area contributed by atoms with Gasteiger partial charge in [-0.05, 0) is 29.8 Å². The van der Waals surface area contributed by atoms with Crippen LogP contribution in [0.5, 0.6) is 0 Å². The molecular weight excluding hydrogens is 504 g/mol. The van der Waals surface area contributed by atoms with Gasteiger partial charge in [-0.1, -0.05) is 0 Å². The van der Waals surface area contributed by atoms with E-state index >= 15 is 0 Å². The van der Waals surface area contributed by atoms with Crippen molar-refractivity contribution in [2.45, 2.75) is 25.4 Å². The maximum absolute atomic E-state index is 12.6. The number of likely N-dealkylation sites (tertiary alicyclic amines) is 2. The number of hydrogen-bond donors (Lipinski definition) is 2. The average Bonchev–Trinajstić information content (AvgIpc) is 3.48. The molecule has 9 nitrogen and oxygen atoms in total. The summed E-state index contributed by atoms with van der Waals surface area (Å²) in [6.45, 7) is 4.19. The van der Waals surface area contributed by atoms with E-state index in [4.69, 9.17) is 24.2 Å². The van der Waals surface area contributed by atoms with Gasteiger partial charge >= 0.3 is 24.3 Å². The van der Waals surface area contributed by atoms with Crippen LogP contribution >= 0.6 is 0 Å². The van der Waals surface area contributed by atoms with E-state index in [1.54, 1.807) is 18.7 Å². The fourth-order valence-electron chi connectivity index (χ4n) is 3.64. The molecule has 0 unspecified atom stereocenters. The molecule has 4 heterocycles. The monoisotopic (exact) mass is 525 g/mol. The smallest absolute Gasteiger partial charge is 0.475 e. The molecule has 198 valence electrons. The number of carboxylic acids is 2. The van der Waals surface area contributed by atoms with Crippen molar-refractivity contribution < 1.29 is 55.4 Å². The minimum atomic E-state index is -5.08. The van der Waals surface area contributed by atoms with Crippen LogP contribution in [0.4, 0.5) is 26.3 Å². The summed E-state index contributed by atoms with van der Waals surface area (Å²) in [5.74, 6) is -3.65. The van der Waals surface area contributed by atoms with Crippen LogP contribution in [0.25, 0.3) is 0 Å². The van der Waals surface area contributed by atoms with E-state index in [9.17, 15) is 31.1 Å². The predicted octanol–water partition coefficient (Wildman–Crippen LogP) is 3.03. The van der Waals surface area contributed by atoms with Crippen molar-refractivity contribution in [1.82, 2.24) is 14.8 Å². The van der Waals surface area contributed by atoms with Crippen molar-refractivity contribution in [2.75, 3.05) is 19.6 Å². The maximum Gasteiger partial charge on any atom is 0.490 e. The zero-order valence-electron chi connectivity index (χ0n) is 18.4. The molecule has 2 aromatic heterocycles. The Morgan fingerprint density at radius 1 is 0.944 bits per heavy atom. The second-order valence-electron chi connectivity index (χ2n) is 7.82. The number of carbonyl (C=O) groups is 3. The Labute approximate surface area is 199 Å². The highest BCUT2D eigenvalue weighted by molar-refractivity contribution is 5.82. The van der Waals surface area contributed by atoms with Gasteiger partial charge in [0.2, 0.25) is 5.91 Å². The molecule has 2 fully saturated rings. The van der Waals surface area contributed by atoms with Gasteiger partial charge < -0.3 is 19.5 Å². The standard InChI is InChI=1S/C17H19N3O2.2C2HF3O2/c21-17-16-12-19(11-15-2-1-7-22-15)9-14(16)10-20(17)8-13-3-5-18-6-4-13;2*3-2(4,5)1(6)7/h1-7,14,16H,8-12H2;2*(H,6,7)/t14-,16-;;/m0../s1. The Bertz CT molecular complexity index is 989. The van der Waals surface area contributed by atoms with E-state index in [2.05, 4.69) is 9.88 Å². The molecule has 15 heteroatoms. The molecule has 0 spiro atoms. The minimum Gasteiger partial charge on any atom is -0.475 e. The average molecular weight is 525 g/mol. The van der Waals surface area contributed by atoms with E-state index in [-0.39, 0.29) is 5.92 Å². The summed E-state index contributed by atoms with van der Waals surface area (Å²) < 4.78 is 68.9. The number of hydrogen-bond acceptors (Lipinski definition) is 6. The third-order valence-electron chi connectivity index (χ3n) is 5.17. The number of halogens is 6. The van der Waals surface area contributed by atoms with Crippen LogP contribution in [0.3, 0.4) is 0 Å². The Morgan fingerprint density at radius 3 is 1.94 bits per heavy atom. The number of alkyl halides is 6. The molecule has 0 bridgehead atoms. The molecule has 0 aromatic carbocycles. The summed E-state index contributed by atoms with van der Waals surface area (Å²) >= 11 is 0. The summed E-state index contributed by atoms with van der Waals surface area (Å²) in [5.41, 5.74) is 1.15. The number of amides is 1. The molecule has 36 heavy (non-hydrogen) atoms. The fraction of sp³-hybridized carbons (Fsp3) is 0.429. The molecule has 0 radical (unpaired) electrons. The van der Waals surface area contributed by atoms with Crippen molar-refractivity contribution in [1.29, 1.82) is 0 Å². The lowest BCUT2D eigenvalue weighted by atomic mass is 10.0. The SMILES string of the molecule is O=C(O)C(F)(F)F.O=C(O)C(F)(F)F.O=C1[C@H]2CN(Cc3ccco3)C[C@H]2CN1Cc1ccncc1. The number of aromatic nitrogens is 1. The van der Waals surface area contributed by atoms with Gasteiger partial charge in [0.25, 0.3) is 0 Å². The van der Waals surface area contributed by atoms with Crippen LogP contribution in [0.2, 0.25) is 0 Å². The molecule has 2 N–H and O–H groups in total. The van der Waals surface area contributed by atoms with Crippen molar-refractivity contribution in [3.63, 3.8) is 0 Å². The third kappa shape index (κ3) is 8.55. The lowest BCUT2D eigenvalue weighted by Crippen LogP contribution is -2.32. The van der Waals surface area contributed by atoms with Crippen molar-refractivity contribution >= 4 is 17.8 Å². The van der Waals surface area contributed by atoms with Gasteiger partial charge in [-0.2, -0.15) is 26.3 Å². The van der Waals surface area contributed by atoms with Crippen molar-refractivity contribution in [3.8, 4) is 0 Å². The first-order valence-corrected chi connectivity index (χ1v) is 10.2. The topological polar surface area (TPSA) is 124 Å². The number of furan rings is 1. The van der Waals surface area contributed by atoms with Crippen LogP contribution in [-0.4, -0.2) is 74.8 Å². The zero-order chi connectivity index (χ0) is 27.1. The second-order valence-corrected chi connectivity index (χ2v) is 7.82. The van der Waals surface area contributed by atoms with Gasteiger partial charge in [-0.15, -0.1) is 0 Å². The first-order valence-electron chi connectivity index (χ1n) is 10.2. The van der Waals surface area contributed by atoms with Crippen LogP contribution in [-0.2, 0) is 27.5 Å². The fourth-order valence-corrected chi connectivity index (χ4v) is 3.64. The maximum atomic E-state index is 12.6. The summed E-state index contributed by atoms with van der Waals surface area (Å²) in [6.07, 6.45) is -4.91.